The number of anilines is 1. The van der Waals surface area contributed by atoms with Crippen molar-refractivity contribution in [3.63, 3.8) is 0 Å². The van der Waals surface area contributed by atoms with E-state index in [1.54, 1.807) is 0 Å². The predicted molar refractivity (Wildman–Crippen MR) is 82.7 cm³/mol. The molecule has 0 saturated carbocycles. The average Bonchev–Trinajstić information content (AvgIpc) is 2.76. The van der Waals surface area contributed by atoms with Crippen molar-refractivity contribution in [1.29, 1.82) is 0 Å². The predicted octanol–water partition coefficient (Wildman–Crippen LogP) is 5.66. The molecule has 19 heavy (non-hydrogen) atoms. The van der Waals surface area contributed by atoms with E-state index in [9.17, 15) is 0 Å². The Labute approximate surface area is 127 Å². The Bertz CT molecular complexity index is 652. The fourth-order valence-electron chi connectivity index (χ4n) is 2.56. The van der Waals surface area contributed by atoms with Crippen LogP contribution in [0, 0.1) is 6.92 Å². The zero-order chi connectivity index (χ0) is 13.6. The number of halogens is 3. The van der Waals surface area contributed by atoms with Gasteiger partial charge in [0.1, 0.15) is 0 Å². The average molecular weight is 313 g/mol. The molecule has 1 aliphatic heterocycles. The van der Waals surface area contributed by atoms with Crippen LogP contribution in [0.25, 0.3) is 0 Å². The number of hydrogen-bond acceptors (Lipinski definition) is 1. The molecule has 1 nitrogen and oxygen atoms in total. The highest BCUT2D eigenvalue weighted by Crippen LogP contribution is 2.39. The highest BCUT2D eigenvalue weighted by atomic mass is 35.5. The Morgan fingerprint density at radius 2 is 1.84 bits per heavy atom. The minimum absolute atomic E-state index is 0.224. The van der Waals surface area contributed by atoms with Gasteiger partial charge in [-0.25, -0.2) is 0 Å². The van der Waals surface area contributed by atoms with Gasteiger partial charge in [0, 0.05) is 10.7 Å². The van der Waals surface area contributed by atoms with Crippen molar-refractivity contribution in [1.82, 2.24) is 0 Å². The summed E-state index contributed by atoms with van der Waals surface area (Å²) in [6, 6.07) is 9.99. The molecule has 0 bridgehead atoms. The van der Waals surface area contributed by atoms with Crippen LogP contribution >= 0.6 is 34.8 Å². The summed E-state index contributed by atoms with van der Waals surface area (Å²) in [6.07, 6.45) is 0.911. The van der Waals surface area contributed by atoms with Gasteiger partial charge in [0.25, 0.3) is 0 Å². The maximum absolute atomic E-state index is 6.10. The van der Waals surface area contributed by atoms with E-state index in [-0.39, 0.29) is 6.04 Å². The molecule has 0 aromatic heterocycles. The molecule has 1 aliphatic rings. The van der Waals surface area contributed by atoms with Crippen molar-refractivity contribution in [3.05, 3.63) is 62.1 Å². The van der Waals surface area contributed by atoms with Gasteiger partial charge in [-0.05, 0) is 54.3 Å². The standard InChI is InChI=1S/C15H12Cl3N/c1-8-4-11(16)5-10-7-14(19-15(8)10)9-2-3-12(17)13(18)6-9/h2-6,14,19H,7H2,1H3. The summed E-state index contributed by atoms with van der Waals surface area (Å²) in [4.78, 5) is 0. The van der Waals surface area contributed by atoms with Gasteiger partial charge in [-0.2, -0.15) is 0 Å². The molecule has 0 spiro atoms. The van der Waals surface area contributed by atoms with Crippen LogP contribution in [0.5, 0.6) is 0 Å². The molecular formula is C15H12Cl3N. The molecule has 0 fully saturated rings. The van der Waals surface area contributed by atoms with Crippen LogP contribution in [0.2, 0.25) is 15.1 Å². The topological polar surface area (TPSA) is 12.0 Å². The third kappa shape index (κ3) is 2.43. The minimum atomic E-state index is 0.224. The van der Waals surface area contributed by atoms with E-state index in [0.29, 0.717) is 10.0 Å². The first kappa shape index (κ1) is 13.1. The molecule has 2 aromatic carbocycles. The van der Waals surface area contributed by atoms with Crippen molar-refractivity contribution >= 4 is 40.5 Å². The fourth-order valence-corrected chi connectivity index (χ4v) is 3.16. The lowest BCUT2D eigenvalue weighted by Crippen LogP contribution is -2.05. The number of hydrogen-bond donors (Lipinski definition) is 1. The Hall–Kier alpha value is -0.890. The number of aryl methyl sites for hydroxylation is 1. The first-order valence-corrected chi connectivity index (χ1v) is 7.18. The van der Waals surface area contributed by atoms with Crippen molar-refractivity contribution in [3.8, 4) is 0 Å². The van der Waals surface area contributed by atoms with Crippen molar-refractivity contribution < 1.29 is 0 Å². The van der Waals surface area contributed by atoms with Gasteiger partial charge in [0.2, 0.25) is 0 Å². The Morgan fingerprint density at radius 3 is 2.58 bits per heavy atom. The minimum Gasteiger partial charge on any atom is -0.377 e. The van der Waals surface area contributed by atoms with Crippen LogP contribution in [-0.4, -0.2) is 0 Å². The van der Waals surface area contributed by atoms with E-state index in [1.165, 1.54) is 16.8 Å². The van der Waals surface area contributed by atoms with E-state index in [4.69, 9.17) is 34.8 Å². The monoisotopic (exact) mass is 311 g/mol. The summed E-state index contributed by atoms with van der Waals surface area (Å²) in [7, 11) is 0. The molecule has 4 heteroatoms. The molecule has 1 unspecified atom stereocenters. The maximum atomic E-state index is 6.10. The first-order chi connectivity index (χ1) is 9.04. The van der Waals surface area contributed by atoms with Gasteiger partial charge >= 0.3 is 0 Å². The summed E-state index contributed by atoms with van der Waals surface area (Å²) < 4.78 is 0. The highest BCUT2D eigenvalue weighted by molar-refractivity contribution is 6.42. The van der Waals surface area contributed by atoms with Crippen LogP contribution in [0.1, 0.15) is 22.7 Å². The smallest absolute Gasteiger partial charge is 0.0595 e. The lowest BCUT2D eigenvalue weighted by molar-refractivity contribution is 0.824. The molecule has 0 saturated heterocycles. The molecule has 1 atom stereocenters. The van der Waals surface area contributed by atoms with Gasteiger partial charge in [0.05, 0.1) is 16.1 Å². The second-order valence-electron chi connectivity index (χ2n) is 4.83. The normalized spacial score (nSPS) is 17.2. The van der Waals surface area contributed by atoms with Crippen LogP contribution in [0.3, 0.4) is 0 Å². The Balaban J connectivity index is 1.95. The van der Waals surface area contributed by atoms with E-state index in [1.807, 2.05) is 30.3 Å². The number of fused-ring (bicyclic) bond motifs is 1. The van der Waals surface area contributed by atoms with E-state index in [2.05, 4.69) is 12.2 Å². The maximum Gasteiger partial charge on any atom is 0.0595 e. The van der Waals surface area contributed by atoms with Crippen molar-refractivity contribution in [2.75, 3.05) is 5.32 Å². The largest absolute Gasteiger partial charge is 0.377 e. The number of nitrogens with one attached hydrogen (secondary N) is 1. The molecule has 3 rings (SSSR count). The van der Waals surface area contributed by atoms with E-state index in [0.717, 1.165) is 17.0 Å². The molecule has 0 aliphatic carbocycles. The zero-order valence-corrected chi connectivity index (χ0v) is 12.6. The SMILES string of the molecule is Cc1cc(Cl)cc2c1NC(c1ccc(Cl)c(Cl)c1)C2. The summed E-state index contributed by atoms with van der Waals surface area (Å²) in [6.45, 7) is 2.06. The van der Waals surface area contributed by atoms with E-state index >= 15 is 0 Å². The lowest BCUT2D eigenvalue weighted by atomic mass is 10.0. The van der Waals surface area contributed by atoms with E-state index < -0.39 is 0 Å². The molecule has 1 N–H and O–H groups in total. The molecule has 0 radical (unpaired) electrons. The van der Waals surface area contributed by atoms with Crippen molar-refractivity contribution in [2.24, 2.45) is 0 Å². The van der Waals surface area contributed by atoms with Crippen LogP contribution in [0.4, 0.5) is 5.69 Å². The van der Waals surface area contributed by atoms with Gasteiger partial charge in [-0.1, -0.05) is 40.9 Å². The van der Waals surface area contributed by atoms with Crippen LogP contribution in [-0.2, 0) is 6.42 Å². The van der Waals surface area contributed by atoms with Gasteiger partial charge < -0.3 is 5.32 Å². The molecule has 1 heterocycles. The summed E-state index contributed by atoms with van der Waals surface area (Å²) >= 11 is 18.1. The molecule has 2 aromatic rings. The highest BCUT2D eigenvalue weighted by Gasteiger charge is 2.24. The van der Waals surface area contributed by atoms with Crippen molar-refractivity contribution in [2.45, 2.75) is 19.4 Å². The van der Waals surface area contributed by atoms with Gasteiger partial charge in [-0.15, -0.1) is 0 Å². The Kier molecular flexibility index (Phi) is 3.38. The number of rotatable bonds is 1. The van der Waals surface area contributed by atoms with Gasteiger partial charge in [0.15, 0.2) is 0 Å². The first-order valence-electron chi connectivity index (χ1n) is 6.05. The van der Waals surface area contributed by atoms with Gasteiger partial charge in [-0.3, -0.25) is 0 Å². The third-order valence-electron chi connectivity index (χ3n) is 3.47. The molecule has 0 amide bonds. The second-order valence-corrected chi connectivity index (χ2v) is 6.08. The second kappa shape index (κ2) is 4.90. The quantitative estimate of drug-likeness (QED) is 0.716. The van der Waals surface area contributed by atoms with Crippen LogP contribution < -0.4 is 5.32 Å². The summed E-state index contributed by atoms with van der Waals surface area (Å²) in [5, 5.41) is 5.49. The summed E-state index contributed by atoms with van der Waals surface area (Å²) in [5.41, 5.74) is 4.74. The summed E-state index contributed by atoms with van der Waals surface area (Å²) in [5.74, 6) is 0. The molecule has 98 valence electrons. The fraction of sp³-hybridized carbons (Fsp3) is 0.200. The van der Waals surface area contributed by atoms with Crippen LogP contribution in [0.15, 0.2) is 30.3 Å². The lowest BCUT2D eigenvalue weighted by Gasteiger charge is -2.13. The molecular weight excluding hydrogens is 301 g/mol. The zero-order valence-electron chi connectivity index (χ0n) is 10.3. The third-order valence-corrected chi connectivity index (χ3v) is 4.43. The Morgan fingerprint density at radius 1 is 1.05 bits per heavy atom. The number of benzene rings is 2.